The Morgan fingerprint density at radius 2 is 2.00 bits per heavy atom. The monoisotopic (exact) mass is 309 g/mol. The van der Waals surface area contributed by atoms with Crippen molar-refractivity contribution < 1.29 is 0 Å². The van der Waals surface area contributed by atoms with Crippen molar-refractivity contribution >= 4 is 27.3 Å². The number of hydrogen-bond donors (Lipinski definition) is 1. The predicted octanol–water partition coefficient (Wildman–Crippen LogP) is 4.32. The van der Waals surface area contributed by atoms with Gasteiger partial charge in [0.15, 0.2) is 0 Å². The van der Waals surface area contributed by atoms with Crippen molar-refractivity contribution in [2.75, 3.05) is 0 Å². The van der Waals surface area contributed by atoms with Crippen LogP contribution in [0.15, 0.2) is 40.2 Å². The summed E-state index contributed by atoms with van der Waals surface area (Å²) in [6.45, 7) is 2.17. The van der Waals surface area contributed by atoms with Crippen LogP contribution in [0.2, 0.25) is 0 Å². The van der Waals surface area contributed by atoms with E-state index < -0.39 is 0 Å². The molecular weight excluding hydrogens is 294 g/mol. The van der Waals surface area contributed by atoms with E-state index in [9.17, 15) is 0 Å². The third-order valence-electron chi connectivity index (χ3n) is 2.89. The number of halogens is 1. The van der Waals surface area contributed by atoms with Crippen LogP contribution in [-0.2, 0) is 12.8 Å². The molecule has 1 unspecified atom stereocenters. The molecule has 1 nitrogen and oxygen atoms in total. The van der Waals surface area contributed by atoms with Gasteiger partial charge in [0.1, 0.15) is 0 Å². The van der Waals surface area contributed by atoms with Gasteiger partial charge in [-0.2, -0.15) is 0 Å². The minimum atomic E-state index is 0.0942. The Hall–Kier alpha value is -0.640. The topological polar surface area (TPSA) is 26.0 Å². The van der Waals surface area contributed by atoms with Crippen molar-refractivity contribution in [2.45, 2.75) is 25.8 Å². The van der Waals surface area contributed by atoms with Gasteiger partial charge in [0.05, 0.1) is 3.79 Å². The van der Waals surface area contributed by atoms with Gasteiger partial charge < -0.3 is 5.73 Å². The van der Waals surface area contributed by atoms with E-state index in [-0.39, 0.29) is 6.04 Å². The second kappa shape index (κ2) is 5.80. The van der Waals surface area contributed by atoms with E-state index in [4.69, 9.17) is 5.73 Å². The van der Waals surface area contributed by atoms with E-state index in [1.54, 1.807) is 11.3 Å². The Morgan fingerprint density at radius 1 is 1.24 bits per heavy atom. The van der Waals surface area contributed by atoms with Crippen molar-refractivity contribution in [1.82, 2.24) is 0 Å². The molecule has 1 heterocycles. The smallest absolute Gasteiger partial charge is 0.0701 e. The lowest BCUT2D eigenvalue weighted by molar-refractivity contribution is 0.720. The van der Waals surface area contributed by atoms with E-state index in [1.165, 1.54) is 19.8 Å². The molecule has 1 atom stereocenters. The molecule has 0 aliphatic heterocycles. The van der Waals surface area contributed by atoms with Crippen LogP contribution >= 0.6 is 27.3 Å². The van der Waals surface area contributed by atoms with Crippen LogP contribution in [0.1, 0.15) is 29.0 Å². The first-order chi connectivity index (χ1) is 8.20. The molecule has 1 aromatic heterocycles. The summed E-state index contributed by atoms with van der Waals surface area (Å²) >= 11 is 5.25. The Balaban J connectivity index is 2.16. The van der Waals surface area contributed by atoms with Gasteiger partial charge in [-0.05, 0) is 45.6 Å². The molecule has 0 saturated heterocycles. The maximum absolute atomic E-state index is 6.30. The van der Waals surface area contributed by atoms with Gasteiger partial charge in [-0.25, -0.2) is 0 Å². The van der Waals surface area contributed by atoms with Gasteiger partial charge in [-0.3, -0.25) is 0 Å². The lowest BCUT2D eigenvalue weighted by atomic mass is 9.97. The lowest BCUT2D eigenvalue weighted by Gasteiger charge is -2.14. The van der Waals surface area contributed by atoms with Crippen molar-refractivity contribution in [3.05, 3.63) is 56.2 Å². The number of benzene rings is 1. The summed E-state index contributed by atoms with van der Waals surface area (Å²) in [5.41, 5.74) is 8.94. The van der Waals surface area contributed by atoms with Crippen molar-refractivity contribution in [3.63, 3.8) is 0 Å². The normalized spacial score (nSPS) is 12.6. The molecule has 0 aliphatic carbocycles. The van der Waals surface area contributed by atoms with Crippen molar-refractivity contribution in [1.29, 1.82) is 0 Å². The van der Waals surface area contributed by atoms with Crippen LogP contribution in [0, 0.1) is 0 Å². The molecule has 0 fully saturated rings. The minimum Gasteiger partial charge on any atom is -0.324 e. The molecule has 1 aromatic carbocycles. The molecule has 0 amide bonds. The zero-order valence-corrected chi connectivity index (χ0v) is 12.2. The highest BCUT2D eigenvalue weighted by molar-refractivity contribution is 9.11. The molecule has 0 spiro atoms. The fourth-order valence-corrected chi connectivity index (χ4v) is 3.55. The number of hydrogen-bond acceptors (Lipinski definition) is 2. The van der Waals surface area contributed by atoms with Gasteiger partial charge in [0, 0.05) is 17.3 Å². The Labute approximate surface area is 115 Å². The van der Waals surface area contributed by atoms with Gasteiger partial charge in [-0.15, -0.1) is 11.3 Å². The van der Waals surface area contributed by atoms with Crippen LogP contribution in [0.3, 0.4) is 0 Å². The lowest BCUT2D eigenvalue weighted by Crippen LogP contribution is -2.14. The molecule has 0 radical (unpaired) electrons. The van der Waals surface area contributed by atoms with E-state index in [2.05, 4.69) is 59.3 Å². The molecule has 0 saturated carbocycles. The molecule has 2 rings (SSSR count). The van der Waals surface area contributed by atoms with E-state index in [0.717, 1.165) is 12.8 Å². The summed E-state index contributed by atoms with van der Waals surface area (Å²) in [5, 5.41) is 0. The summed E-state index contributed by atoms with van der Waals surface area (Å²) in [7, 11) is 0. The number of rotatable bonds is 4. The van der Waals surface area contributed by atoms with Gasteiger partial charge in [0.25, 0.3) is 0 Å². The third-order valence-corrected chi connectivity index (χ3v) is 4.53. The second-order valence-electron chi connectivity index (χ2n) is 4.07. The molecule has 17 heavy (non-hydrogen) atoms. The molecule has 0 aliphatic rings. The Bertz CT molecular complexity index is 492. The standard InChI is InChI=1S/C14H16BrNS/c1-2-10-5-3-4-6-12(10)13(16)9-11-7-8-14(15)17-11/h3-8,13H,2,9,16H2,1H3. The zero-order valence-electron chi connectivity index (χ0n) is 9.82. The van der Waals surface area contributed by atoms with Crippen molar-refractivity contribution in [2.24, 2.45) is 5.73 Å². The third kappa shape index (κ3) is 3.18. The quantitative estimate of drug-likeness (QED) is 0.894. The summed E-state index contributed by atoms with van der Waals surface area (Å²) < 4.78 is 1.17. The first kappa shape index (κ1) is 12.8. The average molecular weight is 310 g/mol. The fraction of sp³-hybridized carbons (Fsp3) is 0.286. The van der Waals surface area contributed by atoms with Gasteiger partial charge in [-0.1, -0.05) is 31.2 Å². The molecule has 90 valence electrons. The number of thiophene rings is 1. The van der Waals surface area contributed by atoms with E-state index >= 15 is 0 Å². The molecular formula is C14H16BrNS. The highest BCUT2D eigenvalue weighted by atomic mass is 79.9. The van der Waals surface area contributed by atoms with E-state index in [0.29, 0.717) is 0 Å². The molecule has 2 aromatic rings. The fourth-order valence-electron chi connectivity index (χ4n) is 2.01. The highest BCUT2D eigenvalue weighted by Gasteiger charge is 2.11. The number of nitrogens with two attached hydrogens (primary N) is 1. The first-order valence-electron chi connectivity index (χ1n) is 5.78. The first-order valence-corrected chi connectivity index (χ1v) is 7.39. The van der Waals surface area contributed by atoms with Crippen molar-refractivity contribution in [3.8, 4) is 0 Å². The van der Waals surface area contributed by atoms with Crippen LogP contribution in [-0.4, -0.2) is 0 Å². The summed E-state index contributed by atoms with van der Waals surface area (Å²) in [6.07, 6.45) is 1.95. The second-order valence-corrected chi connectivity index (χ2v) is 6.62. The summed E-state index contributed by atoms with van der Waals surface area (Å²) in [4.78, 5) is 1.33. The maximum Gasteiger partial charge on any atom is 0.0701 e. The van der Waals surface area contributed by atoms with Crippen LogP contribution < -0.4 is 5.73 Å². The van der Waals surface area contributed by atoms with Crippen LogP contribution in [0.25, 0.3) is 0 Å². The molecule has 3 heteroatoms. The van der Waals surface area contributed by atoms with Crippen LogP contribution in [0.4, 0.5) is 0 Å². The minimum absolute atomic E-state index is 0.0942. The van der Waals surface area contributed by atoms with Gasteiger partial charge >= 0.3 is 0 Å². The summed E-state index contributed by atoms with van der Waals surface area (Å²) in [6, 6.07) is 12.8. The largest absolute Gasteiger partial charge is 0.324 e. The highest BCUT2D eigenvalue weighted by Crippen LogP contribution is 2.27. The van der Waals surface area contributed by atoms with E-state index in [1.807, 2.05) is 0 Å². The Kier molecular flexibility index (Phi) is 4.37. The SMILES string of the molecule is CCc1ccccc1C(N)Cc1ccc(Br)s1. The zero-order chi connectivity index (χ0) is 12.3. The summed E-state index contributed by atoms with van der Waals surface area (Å²) in [5.74, 6) is 0. The molecule has 0 bridgehead atoms. The predicted molar refractivity (Wildman–Crippen MR) is 78.5 cm³/mol. The van der Waals surface area contributed by atoms with Gasteiger partial charge in [0.2, 0.25) is 0 Å². The van der Waals surface area contributed by atoms with Crippen LogP contribution in [0.5, 0.6) is 0 Å². The average Bonchev–Trinajstić information content (AvgIpc) is 2.74. The maximum atomic E-state index is 6.30. The number of aryl methyl sites for hydroxylation is 1. The Morgan fingerprint density at radius 3 is 2.65 bits per heavy atom. The molecule has 2 N–H and O–H groups in total.